The standard InChI is InChI=1S/2C8H6N2/c2*1-2-4-8-6-10-9-5-7(8)3-1/h2*1-6H. The van der Waals surface area contributed by atoms with Crippen LogP contribution in [0.5, 0.6) is 0 Å². The van der Waals surface area contributed by atoms with Crippen LogP contribution in [0.3, 0.4) is 0 Å². The van der Waals surface area contributed by atoms with E-state index >= 15 is 0 Å². The maximum atomic E-state index is 3.76. The Bertz CT molecular complexity index is 628. The monoisotopic (exact) mass is 260 g/mol. The van der Waals surface area contributed by atoms with Gasteiger partial charge in [0, 0.05) is 21.5 Å². The molecular formula is C16H12N4. The molecule has 4 aromatic rings. The quantitative estimate of drug-likeness (QED) is 0.487. The lowest BCUT2D eigenvalue weighted by atomic mass is 10.2. The molecule has 2 aromatic heterocycles. The van der Waals surface area contributed by atoms with Crippen molar-refractivity contribution in [2.75, 3.05) is 0 Å². The van der Waals surface area contributed by atoms with Crippen LogP contribution in [0.1, 0.15) is 0 Å². The maximum Gasteiger partial charge on any atom is 0.0574 e. The lowest BCUT2D eigenvalue weighted by Gasteiger charge is -1.90. The fourth-order valence-electron chi connectivity index (χ4n) is 1.87. The molecule has 0 aliphatic carbocycles. The lowest BCUT2D eigenvalue weighted by molar-refractivity contribution is 1.05. The van der Waals surface area contributed by atoms with Crippen molar-refractivity contribution in [1.29, 1.82) is 0 Å². The normalized spacial score (nSPS) is 10.0. The second-order valence-corrected chi connectivity index (χ2v) is 4.24. The maximum absolute atomic E-state index is 3.76. The summed E-state index contributed by atoms with van der Waals surface area (Å²) in [5.74, 6) is 0. The first-order valence-electron chi connectivity index (χ1n) is 6.24. The number of hydrogen-bond acceptors (Lipinski definition) is 4. The van der Waals surface area contributed by atoms with Crippen LogP contribution in [0, 0.1) is 0 Å². The van der Waals surface area contributed by atoms with Gasteiger partial charge in [-0.05, 0) is 0 Å². The van der Waals surface area contributed by atoms with Crippen molar-refractivity contribution in [3.8, 4) is 0 Å². The summed E-state index contributed by atoms with van der Waals surface area (Å²) < 4.78 is 0. The second kappa shape index (κ2) is 5.84. The summed E-state index contributed by atoms with van der Waals surface area (Å²) in [6.07, 6.45) is 7.04. The first-order valence-corrected chi connectivity index (χ1v) is 6.24. The molecule has 0 fully saturated rings. The average Bonchev–Trinajstić information content (AvgIpc) is 2.56. The minimum atomic E-state index is 1.14. The lowest BCUT2D eigenvalue weighted by Crippen LogP contribution is -1.77. The Balaban J connectivity index is 0.000000121. The van der Waals surface area contributed by atoms with E-state index in [9.17, 15) is 0 Å². The Morgan fingerprint density at radius 2 is 0.650 bits per heavy atom. The van der Waals surface area contributed by atoms with Gasteiger partial charge in [0.2, 0.25) is 0 Å². The molecule has 4 rings (SSSR count). The van der Waals surface area contributed by atoms with E-state index in [-0.39, 0.29) is 0 Å². The molecule has 0 saturated heterocycles. The number of hydrogen-bond donors (Lipinski definition) is 0. The van der Waals surface area contributed by atoms with Crippen molar-refractivity contribution in [1.82, 2.24) is 20.4 Å². The number of fused-ring (bicyclic) bond motifs is 2. The summed E-state index contributed by atoms with van der Waals surface area (Å²) in [7, 11) is 0. The van der Waals surface area contributed by atoms with E-state index in [4.69, 9.17) is 0 Å². The van der Waals surface area contributed by atoms with Gasteiger partial charge in [-0.2, -0.15) is 20.4 Å². The molecule has 0 N–H and O–H groups in total. The summed E-state index contributed by atoms with van der Waals surface area (Å²) in [4.78, 5) is 0. The summed E-state index contributed by atoms with van der Waals surface area (Å²) in [6.45, 7) is 0. The van der Waals surface area contributed by atoms with E-state index in [0.717, 1.165) is 21.5 Å². The minimum Gasteiger partial charge on any atom is -0.158 e. The van der Waals surface area contributed by atoms with Crippen molar-refractivity contribution in [3.05, 3.63) is 73.3 Å². The Morgan fingerprint density at radius 1 is 0.400 bits per heavy atom. The molecule has 0 aliphatic rings. The SMILES string of the molecule is c1ccc2cnncc2c1.c1ccc2cnncc2c1. The molecule has 2 aromatic carbocycles. The fourth-order valence-corrected chi connectivity index (χ4v) is 1.87. The van der Waals surface area contributed by atoms with E-state index in [1.165, 1.54) is 0 Å². The molecule has 2 heterocycles. The van der Waals surface area contributed by atoms with Gasteiger partial charge in [0.25, 0.3) is 0 Å². The molecule has 0 amide bonds. The zero-order valence-electron chi connectivity index (χ0n) is 10.7. The first kappa shape index (κ1) is 12.2. The van der Waals surface area contributed by atoms with Crippen LogP contribution in [0.2, 0.25) is 0 Å². The van der Waals surface area contributed by atoms with Gasteiger partial charge < -0.3 is 0 Å². The third-order valence-electron chi connectivity index (χ3n) is 2.91. The molecule has 0 aliphatic heterocycles. The highest BCUT2D eigenvalue weighted by Crippen LogP contribution is 2.08. The molecule has 0 bridgehead atoms. The van der Waals surface area contributed by atoms with Crippen LogP contribution in [0.25, 0.3) is 21.5 Å². The Kier molecular flexibility index (Phi) is 3.55. The summed E-state index contributed by atoms with van der Waals surface area (Å²) in [5.41, 5.74) is 0. The molecule has 4 nitrogen and oxygen atoms in total. The molecular weight excluding hydrogens is 248 g/mol. The smallest absolute Gasteiger partial charge is 0.0574 e. The Labute approximate surface area is 116 Å². The fraction of sp³-hybridized carbons (Fsp3) is 0. The molecule has 0 radical (unpaired) electrons. The average molecular weight is 260 g/mol. The first-order chi connectivity index (χ1) is 9.93. The highest BCUT2D eigenvalue weighted by atomic mass is 15.1. The third kappa shape index (κ3) is 2.75. The predicted molar refractivity (Wildman–Crippen MR) is 79.1 cm³/mol. The van der Waals surface area contributed by atoms with Gasteiger partial charge in [0.15, 0.2) is 0 Å². The largest absolute Gasteiger partial charge is 0.158 e. The van der Waals surface area contributed by atoms with Gasteiger partial charge >= 0.3 is 0 Å². The summed E-state index contributed by atoms with van der Waals surface area (Å²) in [6, 6.07) is 16.0. The van der Waals surface area contributed by atoms with Crippen LogP contribution >= 0.6 is 0 Å². The Morgan fingerprint density at radius 3 is 0.900 bits per heavy atom. The molecule has 0 unspecified atom stereocenters. The van der Waals surface area contributed by atoms with Gasteiger partial charge in [-0.15, -0.1) is 0 Å². The van der Waals surface area contributed by atoms with Crippen LogP contribution < -0.4 is 0 Å². The zero-order chi connectivity index (χ0) is 13.6. The van der Waals surface area contributed by atoms with E-state index in [0.29, 0.717) is 0 Å². The molecule has 96 valence electrons. The van der Waals surface area contributed by atoms with E-state index in [1.54, 1.807) is 24.8 Å². The Hall–Kier alpha value is -2.88. The minimum absolute atomic E-state index is 1.14. The molecule has 4 heteroatoms. The molecule has 0 saturated carbocycles. The van der Waals surface area contributed by atoms with Crippen LogP contribution in [-0.2, 0) is 0 Å². The predicted octanol–water partition coefficient (Wildman–Crippen LogP) is 3.26. The highest BCUT2D eigenvalue weighted by molar-refractivity contribution is 5.80. The van der Waals surface area contributed by atoms with Crippen molar-refractivity contribution >= 4 is 21.5 Å². The van der Waals surface area contributed by atoms with Crippen LogP contribution in [-0.4, -0.2) is 20.4 Å². The van der Waals surface area contributed by atoms with Gasteiger partial charge in [0.05, 0.1) is 24.8 Å². The van der Waals surface area contributed by atoms with Crippen LogP contribution in [0.4, 0.5) is 0 Å². The van der Waals surface area contributed by atoms with Gasteiger partial charge in [0.1, 0.15) is 0 Å². The highest BCUT2D eigenvalue weighted by Gasteiger charge is 1.88. The second-order valence-electron chi connectivity index (χ2n) is 4.24. The van der Waals surface area contributed by atoms with Crippen molar-refractivity contribution in [2.45, 2.75) is 0 Å². The molecule has 0 spiro atoms. The van der Waals surface area contributed by atoms with Gasteiger partial charge in [-0.1, -0.05) is 48.5 Å². The summed E-state index contributed by atoms with van der Waals surface area (Å²) >= 11 is 0. The number of rotatable bonds is 0. The molecule has 20 heavy (non-hydrogen) atoms. The summed E-state index contributed by atoms with van der Waals surface area (Å²) in [5, 5.41) is 19.6. The zero-order valence-corrected chi connectivity index (χ0v) is 10.7. The van der Waals surface area contributed by atoms with Gasteiger partial charge in [-0.25, -0.2) is 0 Å². The van der Waals surface area contributed by atoms with E-state index in [2.05, 4.69) is 20.4 Å². The van der Waals surface area contributed by atoms with Crippen molar-refractivity contribution < 1.29 is 0 Å². The van der Waals surface area contributed by atoms with Crippen molar-refractivity contribution in [2.24, 2.45) is 0 Å². The number of benzene rings is 2. The van der Waals surface area contributed by atoms with Crippen molar-refractivity contribution in [3.63, 3.8) is 0 Å². The third-order valence-corrected chi connectivity index (χ3v) is 2.91. The van der Waals surface area contributed by atoms with E-state index < -0.39 is 0 Å². The topological polar surface area (TPSA) is 51.6 Å². The number of aromatic nitrogens is 4. The van der Waals surface area contributed by atoms with Gasteiger partial charge in [-0.3, -0.25) is 0 Å². The molecule has 0 atom stereocenters. The van der Waals surface area contributed by atoms with E-state index in [1.807, 2.05) is 48.5 Å². The van der Waals surface area contributed by atoms with Crippen LogP contribution in [0.15, 0.2) is 73.3 Å². The number of nitrogens with zero attached hydrogens (tertiary/aromatic N) is 4.